The van der Waals surface area contributed by atoms with E-state index < -0.39 is 9.84 Å². The quantitative estimate of drug-likeness (QED) is 0.628. The molecule has 27 heavy (non-hydrogen) atoms. The summed E-state index contributed by atoms with van der Waals surface area (Å²) in [6.45, 7) is 3.48. The fourth-order valence-corrected chi connectivity index (χ4v) is 4.63. The molecule has 1 heterocycles. The number of nitrogens with one attached hydrogen (secondary N) is 1. The lowest BCUT2D eigenvalue weighted by atomic mass is 10.2. The normalized spacial score (nSPS) is 18.3. The van der Waals surface area contributed by atoms with E-state index in [1.807, 2.05) is 38.1 Å². The summed E-state index contributed by atoms with van der Waals surface area (Å²) in [4.78, 5) is 16.2. The Morgan fingerprint density at radius 1 is 1.19 bits per heavy atom. The second kappa shape index (κ2) is 9.80. The van der Waals surface area contributed by atoms with Gasteiger partial charge in [0.2, 0.25) is 0 Å². The van der Waals surface area contributed by atoms with E-state index in [1.54, 1.807) is 17.0 Å². The van der Waals surface area contributed by atoms with Gasteiger partial charge in [0.25, 0.3) is 0 Å². The number of rotatable bonds is 9. The van der Waals surface area contributed by atoms with E-state index in [4.69, 9.17) is 9.47 Å². The predicted molar refractivity (Wildman–Crippen MR) is 104 cm³/mol. The number of carbonyl (C=O) groups is 1. The molecule has 1 aromatic carbocycles. The zero-order chi connectivity index (χ0) is 19.9. The zero-order valence-corrected chi connectivity index (χ0v) is 17.0. The van der Waals surface area contributed by atoms with Gasteiger partial charge in [-0.3, -0.25) is 0 Å². The molecule has 1 aliphatic heterocycles. The van der Waals surface area contributed by atoms with Gasteiger partial charge in [0.15, 0.2) is 28.1 Å². The molecule has 0 radical (unpaired) electrons. The van der Waals surface area contributed by atoms with Crippen molar-refractivity contribution in [2.24, 2.45) is 0 Å². The summed E-state index contributed by atoms with van der Waals surface area (Å²) < 4.78 is 34.7. The molecule has 1 aliphatic rings. The number of urea groups is 1. The van der Waals surface area contributed by atoms with E-state index in [0.29, 0.717) is 37.6 Å². The molecule has 1 fully saturated rings. The molecular weight excluding hydrogens is 370 g/mol. The van der Waals surface area contributed by atoms with Crippen LogP contribution in [0.15, 0.2) is 24.3 Å². The van der Waals surface area contributed by atoms with E-state index in [-0.39, 0.29) is 30.3 Å². The molecule has 2 rings (SSSR count). The molecule has 1 N–H and O–H groups in total. The van der Waals surface area contributed by atoms with Gasteiger partial charge >= 0.3 is 6.03 Å². The van der Waals surface area contributed by atoms with E-state index in [9.17, 15) is 13.2 Å². The monoisotopic (exact) mass is 399 g/mol. The van der Waals surface area contributed by atoms with Gasteiger partial charge in [0.1, 0.15) is 0 Å². The van der Waals surface area contributed by atoms with Gasteiger partial charge in [-0.15, -0.1) is 0 Å². The highest BCUT2D eigenvalue weighted by Crippen LogP contribution is 2.26. The van der Waals surface area contributed by atoms with Crippen LogP contribution in [0.1, 0.15) is 13.3 Å². The van der Waals surface area contributed by atoms with Gasteiger partial charge in [-0.2, -0.15) is 0 Å². The number of likely N-dealkylation sites (N-methyl/N-ethyl adjacent to an activating group) is 1. The molecule has 0 saturated carbocycles. The van der Waals surface area contributed by atoms with Crippen molar-refractivity contribution in [1.29, 1.82) is 0 Å². The van der Waals surface area contributed by atoms with E-state index >= 15 is 0 Å². The molecule has 152 valence electrons. The highest BCUT2D eigenvalue weighted by Gasteiger charge is 2.34. The van der Waals surface area contributed by atoms with Crippen molar-refractivity contribution in [2.45, 2.75) is 19.4 Å². The van der Waals surface area contributed by atoms with Crippen LogP contribution in [0.3, 0.4) is 0 Å². The third kappa shape index (κ3) is 6.59. The Morgan fingerprint density at radius 2 is 1.85 bits per heavy atom. The second-order valence-corrected chi connectivity index (χ2v) is 8.93. The third-order valence-electron chi connectivity index (χ3n) is 4.30. The molecule has 0 spiro atoms. The zero-order valence-electron chi connectivity index (χ0n) is 16.2. The number of para-hydroxylation sites is 2. The van der Waals surface area contributed by atoms with E-state index in [2.05, 4.69) is 5.32 Å². The van der Waals surface area contributed by atoms with Gasteiger partial charge < -0.3 is 24.6 Å². The lowest BCUT2D eigenvalue weighted by molar-refractivity contribution is 0.161. The maximum absolute atomic E-state index is 12.6. The average Bonchev–Trinajstić information content (AvgIpc) is 2.96. The Morgan fingerprint density at radius 3 is 2.41 bits per heavy atom. The van der Waals surface area contributed by atoms with Crippen molar-refractivity contribution < 1.29 is 22.7 Å². The maximum Gasteiger partial charge on any atom is 0.320 e. The van der Waals surface area contributed by atoms with E-state index in [1.165, 1.54) is 0 Å². The molecule has 1 unspecified atom stereocenters. The molecule has 1 atom stereocenters. The van der Waals surface area contributed by atoms with Crippen molar-refractivity contribution in [2.75, 3.05) is 52.0 Å². The standard InChI is InChI=1S/C18H29N3O5S/c1-4-25-16-7-5-6-8-17(16)26-14-19-18(22)21(11-10-20(2)3)15-9-12-27(23,24)13-15/h5-8,15H,4,9-14H2,1-3H3,(H,19,22). The van der Waals surface area contributed by atoms with Crippen molar-refractivity contribution in [3.63, 3.8) is 0 Å². The number of sulfone groups is 1. The number of ether oxygens (including phenoxy) is 2. The Balaban J connectivity index is 1.95. The van der Waals surface area contributed by atoms with Crippen LogP contribution in [0.25, 0.3) is 0 Å². The fourth-order valence-electron chi connectivity index (χ4n) is 2.90. The van der Waals surface area contributed by atoms with Crippen LogP contribution in [0.5, 0.6) is 11.5 Å². The van der Waals surface area contributed by atoms with Gasteiger partial charge in [0, 0.05) is 19.1 Å². The lowest BCUT2D eigenvalue weighted by Gasteiger charge is -2.29. The lowest BCUT2D eigenvalue weighted by Crippen LogP contribution is -2.49. The highest BCUT2D eigenvalue weighted by molar-refractivity contribution is 7.91. The maximum atomic E-state index is 12.6. The minimum absolute atomic E-state index is 0.0158. The topological polar surface area (TPSA) is 88.2 Å². The number of hydrogen-bond acceptors (Lipinski definition) is 6. The number of amides is 2. The minimum Gasteiger partial charge on any atom is -0.490 e. The van der Waals surface area contributed by atoms with Gasteiger partial charge in [-0.05, 0) is 39.6 Å². The number of nitrogens with zero attached hydrogens (tertiary/aromatic N) is 2. The molecule has 0 aromatic heterocycles. The van der Waals surface area contributed by atoms with Crippen molar-refractivity contribution in [3.05, 3.63) is 24.3 Å². The van der Waals surface area contributed by atoms with Gasteiger partial charge in [-0.1, -0.05) is 12.1 Å². The summed E-state index contributed by atoms with van der Waals surface area (Å²) in [6, 6.07) is 6.61. The first-order chi connectivity index (χ1) is 12.8. The number of hydrogen-bond donors (Lipinski definition) is 1. The van der Waals surface area contributed by atoms with Crippen LogP contribution in [0.2, 0.25) is 0 Å². The summed E-state index contributed by atoms with van der Waals surface area (Å²) in [6.07, 6.45) is 0.469. The minimum atomic E-state index is -3.07. The molecule has 0 aliphatic carbocycles. The number of carbonyl (C=O) groups excluding carboxylic acids is 1. The van der Waals surface area contributed by atoms with Crippen LogP contribution >= 0.6 is 0 Å². The second-order valence-electron chi connectivity index (χ2n) is 6.70. The largest absolute Gasteiger partial charge is 0.490 e. The average molecular weight is 400 g/mol. The molecule has 0 bridgehead atoms. The summed E-state index contributed by atoms with van der Waals surface area (Å²) in [5, 5.41) is 2.72. The van der Waals surface area contributed by atoms with Gasteiger partial charge in [-0.25, -0.2) is 13.2 Å². The first-order valence-electron chi connectivity index (χ1n) is 9.06. The molecule has 1 aromatic rings. The van der Waals surface area contributed by atoms with Crippen LogP contribution in [-0.4, -0.2) is 82.3 Å². The SMILES string of the molecule is CCOc1ccccc1OCNC(=O)N(CCN(C)C)C1CCS(=O)(=O)C1. The molecule has 1 saturated heterocycles. The van der Waals surface area contributed by atoms with Crippen molar-refractivity contribution >= 4 is 15.9 Å². The van der Waals surface area contributed by atoms with E-state index in [0.717, 1.165) is 0 Å². The van der Waals surface area contributed by atoms with Crippen LogP contribution in [-0.2, 0) is 9.84 Å². The first-order valence-corrected chi connectivity index (χ1v) is 10.9. The Kier molecular flexibility index (Phi) is 7.73. The summed E-state index contributed by atoms with van der Waals surface area (Å²) in [5.74, 6) is 1.30. The molecular formula is C18H29N3O5S. The van der Waals surface area contributed by atoms with Crippen molar-refractivity contribution in [1.82, 2.24) is 15.1 Å². The van der Waals surface area contributed by atoms with Gasteiger partial charge in [0.05, 0.1) is 18.1 Å². The van der Waals surface area contributed by atoms with Crippen LogP contribution < -0.4 is 14.8 Å². The molecule has 9 heteroatoms. The first kappa shape index (κ1) is 21.3. The Hall–Kier alpha value is -2.00. The van der Waals surface area contributed by atoms with Crippen LogP contribution in [0.4, 0.5) is 4.79 Å². The highest BCUT2D eigenvalue weighted by atomic mass is 32.2. The predicted octanol–water partition coefficient (Wildman–Crippen LogP) is 1.18. The van der Waals surface area contributed by atoms with Crippen LogP contribution in [0, 0.1) is 0 Å². The summed E-state index contributed by atoms with van der Waals surface area (Å²) >= 11 is 0. The Bertz CT molecular complexity index is 723. The smallest absolute Gasteiger partial charge is 0.320 e. The van der Waals surface area contributed by atoms with Crippen molar-refractivity contribution in [3.8, 4) is 11.5 Å². The third-order valence-corrected chi connectivity index (χ3v) is 6.05. The number of benzene rings is 1. The summed E-state index contributed by atoms with van der Waals surface area (Å²) in [7, 11) is 0.753. The summed E-state index contributed by atoms with van der Waals surface area (Å²) in [5.41, 5.74) is 0. The fraction of sp³-hybridized carbons (Fsp3) is 0.611. The Labute approximate surface area is 161 Å². The molecule has 8 nitrogen and oxygen atoms in total. The molecule has 2 amide bonds.